The minimum absolute atomic E-state index is 0.0641. The third kappa shape index (κ3) is 14.5. The van der Waals surface area contributed by atoms with E-state index in [0.717, 1.165) is 0 Å². The number of nitrogens with one attached hydrogen (secondary N) is 2. The van der Waals surface area contributed by atoms with E-state index in [-0.39, 0.29) is 25.5 Å². The average molecular weight is 389 g/mol. The van der Waals surface area contributed by atoms with E-state index in [0.29, 0.717) is 33.0 Å². The lowest BCUT2D eigenvalue weighted by Crippen LogP contribution is -2.49. The van der Waals surface area contributed by atoms with Gasteiger partial charge in [-0.2, -0.15) is 0 Å². The molecular formula is C15H27N5O7. The molecule has 0 aromatic heterocycles. The highest BCUT2D eigenvalue weighted by molar-refractivity contribution is 5.89. The van der Waals surface area contributed by atoms with Gasteiger partial charge in [-0.1, -0.05) is 5.11 Å². The van der Waals surface area contributed by atoms with E-state index in [9.17, 15) is 14.4 Å². The number of hydrogen-bond acceptors (Lipinski definition) is 7. The monoisotopic (exact) mass is 389 g/mol. The zero-order chi connectivity index (χ0) is 20.5. The first-order valence-electron chi connectivity index (χ1n) is 8.45. The van der Waals surface area contributed by atoms with Gasteiger partial charge in [0.1, 0.15) is 12.1 Å². The Kier molecular flexibility index (Phi) is 14.4. The molecule has 0 aliphatic rings. The number of rotatable bonds is 16. The Morgan fingerprint density at radius 1 is 0.963 bits per heavy atom. The quantitative estimate of drug-likeness (QED) is 0.142. The lowest BCUT2D eigenvalue weighted by molar-refractivity contribution is -0.141. The smallest absolute Gasteiger partial charge is 0.325 e. The molecule has 12 heteroatoms. The molecule has 27 heavy (non-hydrogen) atoms. The predicted molar refractivity (Wildman–Crippen MR) is 93.9 cm³/mol. The molecule has 0 aromatic carbocycles. The minimum Gasteiger partial charge on any atom is -0.480 e. The Labute approximate surface area is 157 Å². The van der Waals surface area contributed by atoms with E-state index >= 15 is 0 Å². The highest BCUT2D eigenvalue weighted by Gasteiger charge is 2.20. The number of amides is 2. The fraction of sp³-hybridized carbons (Fsp3) is 0.800. The van der Waals surface area contributed by atoms with Gasteiger partial charge in [0.05, 0.1) is 39.6 Å². The van der Waals surface area contributed by atoms with Crippen molar-refractivity contribution in [3.05, 3.63) is 10.4 Å². The van der Waals surface area contributed by atoms with Gasteiger partial charge < -0.3 is 30.0 Å². The number of carbonyl (C=O) groups excluding carboxylic acids is 2. The molecule has 0 aliphatic heterocycles. The van der Waals surface area contributed by atoms with Crippen molar-refractivity contribution in [3.8, 4) is 0 Å². The normalized spacial score (nSPS) is 12.5. The van der Waals surface area contributed by atoms with Gasteiger partial charge >= 0.3 is 5.97 Å². The van der Waals surface area contributed by atoms with E-state index in [1.165, 1.54) is 13.8 Å². The molecule has 3 N–H and O–H groups in total. The summed E-state index contributed by atoms with van der Waals surface area (Å²) in [5.74, 6) is -2.11. The van der Waals surface area contributed by atoms with Crippen LogP contribution in [0.15, 0.2) is 5.11 Å². The Balaban J connectivity index is 3.59. The van der Waals surface area contributed by atoms with Gasteiger partial charge in [0.2, 0.25) is 11.8 Å². The van der Waals surface area contributed by atoms with Crippen LogP contribution in [0.3, 0.4) is 0 Å². The van der Waals surface area contributed by atoms with Gasteiger partial charge in [0.25, 0.3) is 0 Å². The summed E-state index contributed by atoms with van der Waals surface area (Å²) in [5.41, 5.74) is 8.06. The Hall–Kier alpha value is -2.40. The molecule has 154 valence electrons. The van der Waals surface area contributed by atoms with Gasteiger partial charge in [-0.25, -0.2) is 0 Å². The van der Waals surface area contributed by atoms with Crippen molar-refractivity contribution in [3.63, 3.8) is 0 Å². The molecule has 12 nitrogen and oxygen atoms in total. The van der Waals surface area contributed by atoms with Crippen LogP contribution in [0.2, 0.25) is 0 Å². The third-order valence-electron chi connectivity index (χ3n) is 3.12. The SMILES string of the molecule is C[C@H](NC(=O)[C@H](C)NC(=O)CCOCCOCCOCCN=[N+]=[N-])C(=O)O. The van der Waals surface area contributed by atoms with Crippen LogP contribution < -0.4 is 10.6 Å². The summed E-state index contributed by atoms with van der Waals surface area (Å²) in [6.45, 7) is 4.98. The maximum absolute atomic E-state index is 11.7. The number of carboxylic acids is 1. The van der Waals surface area contributed by atoms with Crippen LogP contribution in [0.1, 0.15) is 20.3 Å². The lowest BCUT2D eigenvalue weighted by atomic mass is 10.2. The second-order valence-electron chi connectivity index (χ2n) is 5.40. The van der Waals surface area contributed by atoms with Crippen LogP contribution in [-0.4, -0.2) is 81.2 Å². The number of azide groups is 1. The summed E-state index contributed by atoms with van der Waals surface area (Å²) in [4.78, 5) is 36.7. The largest absolute Gasteiger partial charge is 0.480 e. The highest BCUT2D eigenvalue weighted by Crippen LogP contribution is 1.91. The summed E-state index contributed by atoms with van der Waals surface area (Å²) >= 11 is 0. The Bertz CT molecular complexity index is 511. The molecular weight excluding hydrogens is 362 g/mol. The maximum Gasteiger partial charge on any atom is 0.325 e. The molecule has 0 radical (unpaired) electrons. The molecule has 0 bridgehead atoms. The number of carbonyl (C=O) groups is 3. The fourth-order valence-electron chi connectivity index (χ4n) is 1.64. The number of carboxylic acid groups (broad SMARTS) is 1. The summed E-state index contributed by atoms with van der Waals surface area (Å²) in [6, 6.07) is -1.88. The molecule has 0 unspecified atom stereocenters. The molecule has 0 saturated heterocycles. The zero-order valence-electron chi connectivity index (χ0n) is 15.5. The predicted octanol–water partition coefficient (Wildman–Crippen LogP) is -0.169. The number of nitrogens with zero attached hydrogens (tertiary/aromatic N) is 3. The first-order valence-corrected chi connectivity index (χ1v) is 8.45. The van der Waals surface area contributed by atoms with E-state index in [1.54, 1.807) is 0 Å². The Morgan fingerprint density at radius 2 is 1.52 bits per heavy atom. The topological polar surface area (TPSA) is 172 Å². The summed E-state index contributed by atoms with van der Waals surface area (Å²) in [5, 5.41) is 16.8. The zero-order valence-corrected chi connectivity index (χ0v) is 15.5. The second kappa shape index (κ2) is 15.8. The molecule has 0 heterocycles. The molecule has 2 atom stereocenters. The van der Waals surface area contributed by atoms with Gasteiger partial charge in [-0.3, -0.25) is 14.4 Å². The minimum atomic E-state index is -1.16. The Morgan fingerprint density at radius 3 is 2.07 bits per heavy atom. The van der Waals surface area contributed by atoms with E-state index in [1.807, 2.05) is 0 Å². The van der Waals surface area contributed by atoms with Crippen LogP contribution in [0.4, 0.5) is 0 Å². The van der Waals surface area contributed by atoms with Crippen molar-refractivity contribution >= 4 is 17.8 Å². The van der Waals surface area contributed by atoms with Crippen LogP contribution in [0.25, 0.3) is 10.4 Å². The van der Waals surface area contributed by atoms with Gasteiger partial charge in [-0.15, -0.1) is 0 Å². The summed E-state index contributed by atoms with van der Waals surface area (Å²) in [6.07, 6.45) is 0.0641. The van der Waals surface area contributed by atoms with Crippen molar-refractivity contribution in [1.82, 2.24) is 10.6 Å². The van der Waals surface area contributed by atoms with Gasteiger partial charge in [0.15, 0.2) is 0 Å². The van der Waals surface area contributed by atoms with Gasteiger partial charge in [-0.05, 0) is 19.4 Å². The molecule has 0 rings (SSSR count). The molecule has 0 spiro atoms. The first kappa shape index (κ1) is 24.6. The third-order valence-corrected chi connectivity index (χ3v) is 3.12. The van der Waals surface area contributed by atoms with Crippen LogP contribution in [0, 0.1) is 0 Å². The second-order valence-corrected chi connectivity index (χ2v) is 5.40. The van der Waals surface area contributed by atoms with Crippen molar-refractivity contribution in [2.24, 2.45) is 5.11 Å². The van der Waals surface area contributed by atoms with Crippen molar-refractivity contribution in [2.75, 3.05) is 46.2 Å². The van der Waals surface area contributed by atoms with Crippen molar-refractivity contribution < 1.29 is 33.7 Å². The molecule has 0 saturated carbocycles. The van der Waals surface area contributed by atoms with E-state index in [4.69, 9.17) is 24.8 Å². The standard InChI is InChI=1S/C15H27N5O7/c1-11(14(22)19-12(2)15(23)24)18-13(21)3-5-25-7-9-27-10-8-26-6-4-17-20-16/h11-12H,3-10H2,1-2H3,(H,18,21)(H,19,22)(H,23,24)/t11-,12-/m0/s1. The summed E-state index contributed by atoms with van der Waals surface area (Å²) in [7, 11) is 0. The fourth-order valence-corrected chi connectivity index (χ4v) is 1.64. The van der Waals surface area contributed by atoms with E-state index < -0.39 is 24.0 Å². The molecule has 2 amide bonds. The van der Waals surface area contributed by atoms with Crippen molar-refractivity contribution in [2.45, 2.75) is 32.4 Å². The van der Waals surface area contributed by atoms with Crippen LogP contribution in [-0.2, 0) is 28.6 Å². The van der Waals surface area contributed by atoms with E-state index in [2.05, 4.69) is 20.7 Å². The molecule has 0 aliphatic carbocycles. The van der Waals surface area contributed by atoms with Gasteiger partial charge in [0, 0.05) is 17.9 Å². The molecule has 0 fully saturated rings. The number of aliphatic carboxylic acids is 1. The molecule has 0 aromatic rings. The first-order chi connectivity index (χ1) is 12.9. The lowest BCUT2D eigenvalue weighted by Gasteiger charge is -2.16. The summed E-state index contributed by atoms with van der Waals surface area (Å²) < 4.78 is 15.6. The average Bonchev–Trinajstić information content (AvgIpc) is 2.62. The maximum atomic E-state index is 11.7. The van der Waals surface area contributed by atoms with Crippen LogP contribution in [0.5, 0.6) is 0 Å². The van der Waals surface area contributed by atoms with Crippen molar-refractivity contribution in [1.29, 1.82) is 0 Å². The number of ether oxygens (including phenoxy) is 3. The highest BCUT2D eigenvalue weighted by atomic mass is 16.5. The van der Waals surface area contributed by atoms with Crippen LogP contribution >= 0.6 is 0 Å². The number of hydrogen-bond donors (Lipinski definition) is 3.